The van der Waals surface area contributed by atoms with E-state index < -0.39 is 0 Å². The molecule has 1 aliphatic heterocycles. The van der Waals surface area contributed by atoms with Crippen LogP contribution in [-0.2, 0) is 0 Å². The van der Waals surface area contributed by atoms with E-state index in [0.29, 0.717) is 12.5 Å². The molecule has 0 saturated carbocycles. The van der Waals surface area contributed by atoms with E-state index in [1.807, 2.05) is 0 Å². The van der Waals surface area contributed by atoms with Gasteiger partial charge >= 0.3 is 0 Å². The SMILES string of the molecule is CCN(CC)CCOc1ccc(C2CCCNC2)cc1OC. The van der Waals surface area contributed by atoms with E-state index in [1.165, 1.54) is 18.4 Å². The summed E-state index contributed by atoms with van der Waals surface area (Å²) in [7, 11) is 1.72. The zero-order valence-corrected chi connectivity index (χ0v) is 14.2. The summed E-state index contributed by atoms with van der Waals surface area (Å²) >= 11 is 0. The zero-order valence-electron chi connectivity index (χ0n) is 14.2. The second-order valence-electron chi connectivity index (χ2n) is 5.83. The first-order valence-electron chi connectivity index (χ1n) is 8.52. The summed E-state index contributed by atoms with van der Waals surface area (Å²) in [5, 5.41) is 3.47. The molecule has 1 N–H and O–H groups in total. The van der Waals surface area contributed by atoms with E-state index in [0.717, 1.165) is 44.2 Å². The molecule has 0 amide bonds. The van der Waals surface area contributed by atoms with E-state index in [1.54, 1.807) is 7.11 Å². The maximum atomic E-state index is 5.92. The summed E-state index contributed by atoms with van der Waals surface area (Å²) < 4.78 is 11.5. The molecule has 2 rings (SSSR count). The molecule has 1 saturated heterocycles. The van der Waals surface area contributed by atoms with Crippen molar-refractivity contribution in [3.63, 3.8) is 0 Å². The van der Waals surface area contributed by atoms with E-state index >= 15 is 0 Å². The molecule has 1 heterocycles. The van der Waals surface area contributed by atoms with Crippen LogP contribution in [0.4, 0.5) is 0 Å². The van der Waals surface area contributed by atoms with Crippen LogP contribution in [0.15, 0.2) is 18.2 Å². The lowest BCUT2D eigenvalue weighted by molar-refractivity contribution is 0.217. The van der Waals surface area contributed by atoms with E-state index in [-0.39, 0.29) is 0 Å². The molecule has 0 spiro atoms. The maximum Gasteiger partial charge on any atom is 0.161 e. The quantitative estimate of drug-likeness (QED) is 0.801. The Hall–Kier alpha value is -1.26. The standard InChI is InChI=1S/C18H30N2O2/c1-4-20(5-2)11-12-22-17-9-8-15(13-18(17)21-3)16-7-6-10-19-14-16/h8-9,13,16,19H,4-7,10-12,14H2,1-3H3. The third-order valence-electron chi connectivity index (χ3n) is 4.52. The summed E-state index contributed by atoms with van der Waals surface area (Å²) in [6.45, 7) is 10.3. The second kappa shape index (κ2) is 9.01. The fourth-order valence-electron chi connectivity index (χ4n) is 3.02. The average molecular weight is 306 g/mol. The van der Waals surface area contributed by atoms with Crippen LogP contribution in [-0.4, -0.2) is 51.3 Å². The first-order chi connectivity index (χ1) is 10.8. The van der Waals surface area contributed by atoms with Crippen LogP contribution >= 0.6 is 0 Å². The van der Waals surface area contributed by atoms with Gasteiger partial charge in [0.1, 0.15) is 6.61 Å². The molecule has 0 aromatic heterocycles. The topological polar surface area (TPSA) is 33.7 Å². The van der Waals surface area contributed by atoms with Gasteiger partial charge < -0.3 is 19.7 Å². The van der Waals surface area contributed by atoms with Crippen LogP contribution in [0.25, 0.3) is 0 Å². The molecular weight excluding hydrogens is 276 g/mol. The predicted octanol–water partition coefficient (Wildman–Crippen LogP) is 2.88. The van der Waals surface area contributed by atoms with Crippen molar-refractivity contribution < 1.29 is 9.47 Å². The van der Waals surface area contributed by atoms with Crippen LogP contribution in [0.5, 0.6) is 11.5 Å². The molecule has 124 valence electrons. The molecule has 4 heteroatoms. The normalized spacial score (nSPS) is 18.5. The fraction of sp³-hybridized carbons (Fsp3) is 0.667. The van der Waals surface area contributed by atoms with Gasteiger partial charge in [0.05, 0.1) is 7.11 Å². The highest BCUT2D eigenvalue weighted by Crippen LogP contribution is 2.33. The van der Waals surface area contributed by atoms with Crippen LogP contribution < -0.4 is 14.8 Å². The molecule has 4 nitrogen and oxygen atoms in total. The van der Waals surface area contributed by atoms with Gasteiger partial charge in [-0.2, -0.15) is 0 Å². The van der Waals surface area contributed by atoms with Crippen molar-refractivity contribution >= 4 is 0 Å². The highest BCUT2D eigenvalue weighted by molar-refractivity contribution is 5.44. The smallest absolute Gasteiger partial charge is 0.161 e. The zero-order chi connectivity index (χ0) is 15.8. The summed E-state index contributed by atoms with van der Waals surface area (Å²) in [4.78, 5) is 2.36. The van der Waals surface area contributed by atoms with Gasteiger partial charge in [0.2, 0.25) is 0 Å². The molecule has 0 radical (unpaired) electrons. The second-order valence-corrected chi connectivity index (χ2v) is 5.83. The van der Waals surface area contributed by atoms with Crippen LogP contribution in [0.3, 0.4) is 0 Å². The van der Waals surface area contributed by atoms with Gasteiger partial charge in [-0.15, -0.1) is 0 Å². The molecule has 1 atom stereocenters. The largest absolute Gasteiger partial charge is 0.493 e. The van der Waals surface area contributed by atoms with Crippen molar-refractivity contribution in [3.05, 3.63) is 23.8 Å². The van der Waals surface area contributed by atoms with Gasteiger partial charge in [0, 0.05) is 13.1 Å². The van der Waals surface area contributed by atoms with Gasteiger partial charge in [0.15, 0.2) is 11.5 Å². The van der Waals surface area contributed by atoms with Crippen molar-refractivity contribution in [1.82, 2.24) is 10.2 Å². The first kappa shape index (κ1) is 17.1. The van der Waals surface area contributed by atoms with Gasteiger partial charge in [-0.3, -0.25) is 0 Å². The van der Waals surface area contributed by atoms with Crippen LogP contribution in [0.1, 0.15) is 38.2 Å². The van der Waals surface area contributed by atoms with E-state index in [9.17, 15) is 0 Å². The maximum absolute atomic E-state index is 5.92. The average Bonchev–Trinajstić information content (AvgIpc) is 2.59. The van der Waals surface area contributed by atoms with Crippen molar-refractivity contribution in [3.8, 4) is 11.5 Å². The Morgan fingerprint density at radius 2 is 2.05 bits per heavy atom. The van der Waals surface area contributed by atoms with Crippen LogP contribution in [0, 0.1) is 0 Å². The number of benzene rings is 1. The molecule has 1 aromatic carbocycles. The minimum absolute atomic E-state index is 0.590. The van der Waals surface area contributed by atoms with E-state index in [4.69, 9.17) is 9.47 Å². The monoisotopic (exact) mass is 306 g/mol. The van der Waals surface area contributed by atoms with Gasteiger partial charge in [-0.25, -0.2) is 0 Å². The minimum Gasteiger partial charge on any atom is -0.493 e. The summed E-state index contributed by atoms with van der Waals surface area (Å²) in [6.07, 6.45) is 2.49. The lowest BCUT2D eigenvalue weighted by atomic mass is 9.91. The molecule has 1 aromatic rings. The summed E-state index contributed by atoms with van der Waals surface area (Å²) in [5.41, 5.74) is 1.35. The number of hydrogen-bond donors (Lipinski definition) is 1. The molecule has 1 aliphatic rings. The number of likely N-dealkylation sites (N-methyl/N-ethyl adjacent to an activating group) is 1. The van der Waals surface area contributed by atoms with Crippen molar-refractivity contribution in [1.29, 1.82) is 0 Å². The number of rotatable bonds is 8. The highest BCUT2D eigenvalue weighted by atomic mass is 16.5. The Morgan fingerprint density at radius 3 is 2.68 bits per heavy atom. The third kappa shape index (κ3) is 4.62. The number of piperidine rings is 1. The predicted molar refractivity (Wildman–Crippen MR) is 91.1 cm³/mol. The molecule has 0 bridgehead atoms. The Kier molecular flexibility index (Phi) is 7.00. The van der Waals surface area contributed by atoms with Crippen molar-refractivity contribution in [2.24, 2.45) is 0 Å². The van der Waals surface area contributed by atoms with E-state index in [2.05, 4.69) is 42.3 Å². The Labute approximate surface area is 134 Å². The van der Waals surface area contributed by atoms with Crippen molar-refractivity contribution in [2.75, 3.05) is 46.4 Å². The Balaban J connectivity index is 1.96. The lowest BCUT2D eigenvalue weighted by Crippen LogP contribution is -2.28. The molecule has 0 aliphatic carbocycles. The number of methoxy groups -OCH3 is 1. The first-order valence-corrected chi connectivity index (χ1v) is 8.52. The molecule has 1 fully saturated rings. The fourth-order valence-corrected chi connectivity index (χ4v) is 3.02. The number of nitrogens with one attached hydrogen (secondary N) is 1. The Bertz CT molecular complexity index is 441. The summed E-state index contributed by atoms with van der Waals surface area (Å²) in [6, 6.07) is 6.39. The van der Waals surface area contributed by atoms with Gasteiger partial charge in [-0.1, -0.05) is 19.9 Å². The highest BCUT2D eigenvalue weighted by Gasteiger charge is 2.17. The molecule has 22 heavy (non-hydrogen) atoms. The third-order valence-corrected chi connectivity index (χ3v) is 4.52. The molecule has 1 unspecified atom stereocenters. The lowest BCUT2D eigenvalue weighted by Gasteiger charge is -2.24. The van der Waals surface area contributed by atoms with Gasteiger partial charge in [-0.05, 0) is 56.1 Å². The number of hydrogen-bond acceptors (Lipinski definition) is 4. The minimum atomic E-state index is 0.590. The Morgan fingerprint density at radius 1 is 1.23 bits per heavy atom. The van der Waals surface area contributed by atoms with Gasteiger partial charge in [0.25, 0.3) is 0 Å². The molecular formula is C18H30N2O2. The number of ether oxygens (including phenoxy) is 2. The van der Waals surface area contributed by atoms with Crippen LogP contribution in [0.2, 0.25) is 0 Å². The summed E-state index contributed by atoms with van der Waals surface area (Å²) in [5.74, 6) is 2.29. The van der Waals surface area contributed by atoms with Crippen molar-refractivity contribution in [2.45, 2.75) is 32.6 Å². The number of nitrogens with zero attached hydrogens (tertiary/aromatic N) is 1.